The molecule has 1 aliphatic rings. The van der Waals surface area contributed by atoms with E-state index in [0.29, 0.717) is 0 Å². The fourth-order valence-electron chi connectivity index (χ4n) is 2.68. The minimum Gasteiger partial charge on any atom is -0.337 e. The Morgan fingerprint density at radius 3 is 3.11 bits per heavy atom. The molecule has 2 rings (SSSR count). The lowest BCUT2D eigenvalue weighted by Crippen LogP contribution is -2.36. The molecule has 0 amide bonds. The van der Waals surface area contributed by atoms with E-state index < -0.39 is 0 Å². The van der Waals surface area contributed by atoms with E-state index >= 15 is 0 Å². The van der Waals surface area contributed by atoms with Crippen LogP contribution in [-0.4, -0.2) is 40.6 Å². The summed E-state index contributed by atoms with van der Waals surface area (Å²) in [6, 6.07) is 0.762. The van der Waals surface area contributed by atoms with Crippen molar-refractivity contribution >= 4 is 0 Å². The summed E-state index contributed by atoms with van der Waals surface area (Å²) in [5.41, 5.74) is 1.15. The fourth-order valence-corrected chi connectivity index (χ4v) is 2.68. The van der Waals surface area contributed by atoms with Crippen molar-refractivity contribution in [3.63, 3.8) is 0 Å². The van der Waals surface area contributed by atoms with Crippen molar-refractivity contribution in [2.24, 2.45) is 0 Å². The lowest BCUT2D eigenvalue weighted by atomic mass is 10.0. The third-order valence-corrected chi connectivity index (χ3v) is 3.88. The first-order valence-corrected chi connectivity index (χ1v) is 7.21. The van der Waals surface area contributed by atoms with Gasteiger partial charge < -0.3 is 14.8 Å². The summed E-state index contributed by atoms with van der Waals surface area (Å²) < 4.78 is 2.23. The molecule has 0 bridgehead atoms. The summed E-state index contributed by atoms with van der Waals surface area (Å²) in [6.07, 6.45) is 9.50. The van der Waals surface area contributed by atoms with Gasteiger partial charge >= 0.3 is 0 Å². The Morgan fingerprint density at radius 2 is 2.33 bits per heavy atom. The number of imidazole rings is 1. The second-order valence-corrected chi connectivity index (χ2v) is 5.30. The average Bonchev–Trinajstić information content (AvgIpc) is 2.83. The van der Waals surface area contributed by atoms with Gasteiger partial charge in [-0.15, -0.1) is 0 Å². The first kappa shape index (κ1) is 13.6. The van der Waals surface area contributed by atoms with E-state index in [4.69, 9.17) is 0 Å². The number of nitrogens with one attached hydrogen (secondary N) is 1. The van der Waals surface area contributed by atoms with Crippen molar-refractivity contribution < 1.29 is 0 Å². The Hall–Kier alpha value is -0.870. The van der Waals surface area contributed by atoms with E-state index in [-0.39, 0.29) is 0 Å². The Bertz CT molecular complexity index is 347. The van der Waals surface area contributed by atoms with Crippen molar-refractivity contribution in [1.82, 2.24) is 19.8 Å². The lowest BCUT2D eigenvalue weighted by Gasteiger charge is -2.32. The summed E-state index contributed by atoms with van der Waals surface area (Å²) in [7, 11) is 2.26. The summed E-state index contributed by atoms with van der Waals surface area (Å²) >= 11 is 0. The first-order chi connectivity index (χ1) is 8.79. The Labute approximate surface area is 110 Å². The molecule has 18 heavy (non-hydrogen) atoms. The number of aromatic nitrogens is 2. The highest BCUT2D eigenvalue weighted by atomic mass is 15.1. The van der Waals surface area contributed by atoms with Crippen molar-refractivity contribution in [1.29, 1.82) is 0 Å². The van der Waals surface area contributed by atoms with Gasteiger partial charge in [0.05, 0.1) is 12.0 Å². The fraction of sp³-hybridized carbons (Fsp3) is 0.786. The number of nitrogens with zero attached hydrogens (tertiary/aromatic N) is 3. The molecule has 102 valence electrons. The molecule has 2 heterocycles. The lowest BCUT2D eigenvalue weighted by molar-refractivity contribution is 0.171. The first-order valence-electron chi connectivity index (χ1n) is 7.21. The average molecular weight is 250 g/mol. The van der Waals surface area contributed by atoms with Crippen LogP contribution in [-0.2, 0) is 13.1 Å². The molecule has 1 N–H and O–H groups in total. The molecule has 1 atom stereocenters. The predicted octanol–water partition coefficient (Wildman–Crippen LogP) is 1.87. The molecule has 4 nitrogen and oxygen atoms in total. The summed E-state index contributed by atoms with van der Waals surface area (Å²) in [6.45, 7) is 6.36. The van der Waals surface area contributed by atoms with Crippen molar-refractivity contribution in [2.75, 3.05) is 20.1 Å². The number of likely N-dealkylation sites (tertiary alicyclic amines) is 1. The molecule has 1 fully saturated rings. The van der Waals surface area contributed by atoms with Crippen LogP contribution in [0.2, 0.25) is 0 Å². The third-order valence-electron chi connectivity index (χ3n) is 3.88. The van der Waals surface area contributed by atoms with Crippen LogP contribution in [0.1, 0.15) is 38.3 Å². The molecule has 0 aromatic carbocycles. The molecule has 0 spiro atoms. The molecule has 1 aromatic heterocycles. The molecular weight excluding hydrogens is 224 g/mol. The molecule has 4 heteroatoms. The van der Waals surface area contributed by atoms with E-state index in [9.17, 15) is 0 Å². The van der Waals surface area contributed by atoms with Crippen molar-refractivity contribution in [2.45, 2.75) is 51.7 Å². The highest BCUT2D eigenvalue weighted by Gasteiger charge is 2.18. The van der Waals surface area contributed by atoms with Crippen LogP contribution in [0.5, 0.6) is 0 Å². The zero-order valence-corrected chi connectivity index (χ0v) is 11.7. The molecular formula is C14H26N4. The molecule has 1 aliphatic heterocycles. The van der Waals surface area contributed by atoms with Crippen molar-refractivity contribution in [3.8, 4) is 0 Å². The maximum absolute atomic E-state index is 4.42. The Morgan fingerprint density at radius 1 is 1.44 bits per heavy atom. The maximum Gasteiger partial charge on any atom is 0.0949 e. The topological polar surface area (TPSA) is 33.1 Å². The van der Waals surface area contributed by atoms with Crippen LogP contribution in [0.3, 0.4) is 0 Å². The largest absolute Gasteiger partial charge is 0.337 e. The molecule has 1 aromatic rings. The minimum atomic E-state index is 0.762. The van der Waals surface area contributed by atoms with E-state index in [0.717, 1.165) is 31.4 Å². The second kappa shape index (κ2) is 6.90. The number of hydrogen-bond donors (Lipinski definition) is 1. The van der Waals surface area contributed by atoms with Gasteiger partial charge in [-0.05, 0) is 39.4 Å². The van der Waals surface area contributed by atoms with Gasteiger partial charge in [-0.3, -0.25) is 0 Å². The van der Waals surface area contributed by atoms with Crippen molar-refractivity contribution in [3.05, 3.63) is 18.2 Å². The summed E-state index contributed by atoms with van der Waals surface area (Å²) in [5, 5.41) is 3.31. The maximum atomic E-state index is 4.42. The van der Waals surface area contributed by atoms with Crippen LogP contribution in [0.4, 0.5) is 0 Å². The molecule has 0 saturated carbocycles. The van der Waals surface area contributed by atoms with Gasteiger partial charge in [0.1, 0.15) is 0 Å². The van der Waals surface area contributed by atoms with Gasteiger partial charge in [-0.2, -0.15) is 0 Å². The van der Waals surface area contributed by atoms with Crippen LogP contribution >= 0.6 is 0 Å². The van der Waals surface area contributed by atoms with Crippen LogP contribution in [0, 0.1) is 0 Å². The van der Waals surface area contributed by atoms with Gasteiger partial charge in [0.2, 0.25) is 0 Å². The van der Waals surface area contributed by atoms with Crippen LogP contribution in [0.25, 0.3) is 0 Å². The summed E-state index contributed by atoms with van der Waals surface area (Å²) in [5.74, 6) is 0. The molecule has 1 saturated heterocycles. The van der Waals surface area contributed by atoms with Gasteiger partial charge in [0.15, 0.2) is 0 Å². The van der Waals surface area contributed by atoms with E-state index in [1.165, 1.54) is 32.2 Å². The van der Waals surface area contributed by atoms with Crippen LogP contribution < -0.4 is 5.32 Å². The van der Waals surface area contributed by atoms with Crippen LogP contribution in [0.15, 0.2) is 12.5 Å². The Balaban J connectivity index is 1.77. The van der Waals surface area contributed by atoms with Gasteiger partial charge in [-0.25, -0.2) is 4.98 Å². The second-order valence-electron chi connectivity index (χ2n) is 5.30. The monoisotopic (exact) mass is 250 g/mol. The van der Waals surface area contributed by atoms with Gasteiger partial charge in [0, 0.05) is 25.3 Å². The van der Waals surface area contributed by atoms with E-state index in [1.54, 1.807) is 0 Å². The smallest absolute Gasteiger partial charge is 0.0949 e. The normalized spacial score (nSPS) is 21.3. The zero-order valence-electron chi connectivity index (χ0n) is 11.7. The standard InChI is InChI=1S/C14H26N4/c1-3-15-10-13-11-18(12-16-13)9-7-14-6-4-5-8-17(14)2/h11-12,14-15H,3-10H2,1-2H3. The van der Waals surface area contributed by atoms with Gasteiger partial charge in [0.25, 0.3) is 0 Å². The Kier molecular flexibility index (Phi) is 5.20. The molecule has 1 unspecified atom stereocenters. The minimum absolute atomic E-state index is 0.762. The number of rotatable bonds is 6. The predicted molar refractivity (Wildman–Crippen MR) is 74.5 cm³/mol. The van der Waals surface area contributed by atoms with E-state index in [1.807, 2.05) is 6.33 Å². The number of aryl methyl sites for hydroxylation is 1. The third kappa shape index (κ3) is 3.82. The SMILES string of the molecule is CCNCc1cn(CCC2CCCCN2C)cn1. The number of hydrogen-bond acceptors (Lipinski definition) is 3. The highest BCUT2D eigenvalue weighted by Crippen LogP contribution is 2.18. The zero-order chi connectivity index (χ0) is 12.8. The van der Waals surface area contributed by atoms with E-state index in [2.05, 4.69) is 39.9 Å². The quantitative estimate of drug-likeness (QED) is 0.836. The summed E-state index contributed by atoms with van der Waals surface area (Å²) in [4.78, 5) is 6.94. The number of piperidine rings is 1. The molecule has 0 aliphatic carbocycles. The molecule has 0 radical (unpaired) electrons. The highest BCUT2D eigenvalue weighted by molar-refractivity contribution is 4.96. The van der Waals surface area contributed by atoms with Gasteiger partial charge in [-0.1, -0.05) is 13.3 Å².